The maximum Gasteiger partial charge on any atom is 0.330 e. The van der Waals surface area contributed by atoms with E-state index in [1.54, 1.807) is 0 Å². The van der Waals surface area contributed by atoms with Crippen molar-refractivity contribution in [3.05, 3.63) is 63.3 Å². The Labute approximate surface area is 781 Å². The van der Waals surface area contributed by atoms with Crippen molar-refractivity contribution in [1.29, 1.82) is 0 Å². The zero-order valence-corrected chi connectivity index (χ0v) is 85.2. The van der Waals surface area contributed by atoms with Crippen molar-refractivity contribution in [3.8, 4) is 0 Å². The predicted octanol–water partition coefficient (Wildman–Crippen LogP) is 38.8. The summed E-state index contributed by atoms with van der Waals surface area (Å²) in [6, 6.07) is 0. The van der Waals surface area contributed by atoms with Crippen LogP contribution in [0.15, 0.2) is 63.3 Å². The normalized spacial score (nSPS) is 10.8. The largest absolute Gasteiger partial charge is 0.463 e. The summed E-state index contributed by atoms with van der Waals surface area (Å²) in [5.74, 6) is -1.50. The second-order valence-corrected chi connectivity index (χ2v) is 36.9. The molecule has 0 heterocycles. The molecule has 125 heavy (non-hydrogen) atoms. The van der Waals surface area contributed by atoms with Gasteiger partial charge in [0.2, 0.25) is 0 Å². The summed E-state index contributed by atoms with van der Waals surface area (Å²) in [7, 11) is 0. The monoisotopic (exact) mass is 1760 g/mol. The molecule has 0 aromatic rings. The summed E-state index contributed by atoms with van der Waals surface area (Å²) in [6.07, 6.45) is 130. The number of unbranched alkanes of at least 4 members (excludes halogenated alkanes) is 85. The Morgan fingerprint density at radius 1 is 0.128 bits per heavy atom. The number of rotatable bonds is 100. The molecule has 0 fully saturated rings. The molecule has 10 heteroatoms. The van der Waals surface area contributed by atoms with Crippen LogP contribution in [0, 0.1) is 0 Å². The first-order valence-electron chi connectivity index (χ1n) is 55.5. The van der Waals surface area contributed by atoms with E-state index in [0.717, 1.165) is 32.1 Å². The lowest BCUT2D eigenvalue weighted by molar-refractivity contribution is -0.138. The van der Waals surface area contributed by atoms with Crippen molar-refractivity contribution < 1.29 is 47.7 Å². The Morgan fingerprint density at radius 3 is 0.256 bits per heavy atom. The Balaban J connectivity index is -0.000000480. The molecule has 0 atom stereocenters. The van der Waals surface area contributed by atoms with Gasteiger partial charge in [-0.15, -0.1) is 0 Å². The van der Waals surface area contributed by atoms with Crippen LogP contribution in [0.1, 0.15) is 612 Å². The standard InChI is InChI=1S/C25H48O2.C24H46O2.C23H44O2.C22H42O2.C21H40O2/c1-3-5-6-7-8-9-10-11-12-13-14-15-16-17-18-19-20-21-22-23-24-27-25(26)4-2;1-3-5-6-7-8-9-10-11-12-13-14-15-16-17-18-19-20-21-22-23-26-24(25)4-2;1-3-5-6-7-8-9-10-11-12-13-14-15-16-17-18-19-20-21-22-25-23(24)4-2;1-3-5-6-7-8-9-10-11-12-13-14-15-16-17-18-19-20-21-24-22(23)4-2;1-3-5-6-7-8-9-10-11-12-13-14-15-16-17-18-19-20-23-21(22)4-2/h4H,2-3,5-24H2,1H3;4H,2-3,5-23H2,1H3;4H,2-3,5-22H2,1H3;4H,2-3,5-21H2,1H3;4H,2-3,5-20H2,1H3. The van der Waals surface area contributed by atoms with E-state index in [4.69, 9.17) is 23.7 Å². The minimum atomic E-state index is -0.300. The molecule has 0 spiro atoms. The molecule has 0 saturated carbocycles. The van der Waals surface area contributed by atoms with Crippen molar-refractivity contribution in [2.24, 2.45) is 0 Å². The van der Waals surface area contributed by atoms with Gasteiger partial charge in [-0.2, -0.15) is 0 Å². The van der Waals surface area contributed by atoms with Gasteiger partial charge in [0, 0.05) is 30.4 Å². The third-order valence-electron chi connectivity index (χ3n) is 24.5. The first-order valence-corrected chi connectivity index (χ1v) is 55.5. The smallest absolute Gasteiger partial charge is 0.330 e. The van der Waals surface area contributed by atoms with Crippen LogP contribution in [0.5, 0.6) is 0 Å². The van der Waals surface area contributed by atoms with Crippen LogP contribution in [0.2, 0.25) is 0 Å². The van der Waals surface area contributed by atoms with Crippen molar-refractivity contribution >= 4 is 29.8 Å². The lowest BCUT2D eigenvalue weighted by Crippen LogP contribution is -2.01. The third-order valence-corrected chi connectivity index (χ3v) is 24.5. The molecule has 0 aliphatic rings. The maximum absolute atomic E-state index is 10.9. The number of ether oxygens (including phenoxy) is 5. The summed E-state index contributed by atoms with van der Waals surface area (Å²) >= 11 is 0. The molecule has 0 saturated heterocycles. The summed E-state index contributed by atoms with van der Waals surface area (Å²) in [6.45, 7) is 31.1. The first kappa shape index (κ1) is 130. The van der Waals surface area contributed by atoms with Crippen molar-refractivity contribution in [3.63, 3.8) is 0 Å². The number of carbonyl (C=O) groups excluding carboxylic acids is 5. The SMILES string of the molecule is C=CC(=O)OCCCCCCCCCCCCCCCCCC.C=CC(=O)OCCCCCCCCCCCCCCCCCCC.C=CC(=O)OCCCCCCCCCCCCCCCCCCCC.C=CC(=O)OCCCCCCCCCCCCCCCCCCCCC.C=CC(=O)OCCCCCCCCCCCCCCCCCCCCCC. The highest BCUT2D eigenvalue weighted by Gasteiger charge is 2.05. The van der Waals surface area contributed by atoms with E-state index in [2.05, 4.69) is 67.5 Å². The predicted molar refractivity (Wildman–Crippen MR) is 550 cm³/mol. The van der Waals surface area contributed by atoms with Gasteiger partial charge in [0.05, 0.1) is 33.0 Å². The summed E-state index contributed by atoms with van der Waals surface area (Å²) in [5, 5.41) is 0. The van der Waals surface area contributed by atoms with Gasteiger partial charge in [0.1, 0.15) is 0 Å². The van der Waals surface area contributed by atoms with Crippen molar-refractivity contribution in [2.75, 3.05) is 33.0 Å². The molecular formula is C115H220O10. The van der Waals surface area contributed by atoms with Gasteiger partial charge in [-0.05, 0) is 32.1 Å². The number of carbonyl (C=O) groups is 5. The summed E-state index contributed by atoms with van der Waals surface area (Å²) < 4.78 is 24.8. The maximum atomic E-state index is 10.9. The Hall–Kier alpha value is -3.95. The van der Waals surface area contributed by atoms with Crippen LogP contribution < -0.4 is 0 Å². The molecule has 0 aromatic carbocycles. The van der Waals surface area contributed by atoms with Crippen LogP contribution >= 0.6 is 0 Å². The van der Waals surface area contributed by atoms with Gasteiger partial charge >= 0.3 is 29.8 Å². The van der Waals surface area contributed by atoms with E-state index in [0.29, 0.717) is 33.0 Å². The second-order valence-electron chi connectivity index (χ2n) is 36.9. The Bertz CT molecular complexity index is 2100. The molecule has 740 valence electrons. The van der Waals surface area contributed by atoms with E-state index in [1.807, 2.05) is 0 Å². The van der Waals surface area contributed by atoms with Crippen LogP contribution in [-0.2, 0) is 47.7 Å². The molecule has 0 radical (unpaired) electrons. The van der Waals surface area contributed by atoms with Crippen LogP contribution in [0.4, 0.5) is 0 Å². The molecule has 0 aliphatic carbocycles. The molecule has 0 N–H and O–H groups in total. The fourth-order valence-corrected chi connectivity index (χ4v) is 16.2. The van der Waals surface area contributed by atoms with Gasteiger partial charge in [0.15, 0.2) is 0 Å². The highest BCUT2D eigenvalue weighted by molar-refractivity contribution is 5.82. The quantitative estimate of drug-likeness (QED) is 0.0251. The average molecular weight is 1760 g/mol. The highest BCUT2D eigenvalue weighted by atomic mass is 16.5. The summed E-state index contributed by atoms with van der Waals surface area (Å²) in [5.41, 5.74) is 0. The molecule has 0 rings (SSSR count). The van der Waals surface area contributed by atoms with Crippen LogP contribution in [0.3, 0.4) is 0 Å². The first-order chi connectivity index (χ1) is 61.5. The van der Waals surface area contributed by atoms with Gasteiger partial charge < -0.3 is 23.7 Å². The average Bonchev–Trinajstić information content (AvgIpc) is 1.11. The molecular weight excluding hydrogens is 1540 g/mol. The lowest BCUT2D eigenvalue weighted by Gasteiger charge is -2.04. The molecule has 10 nitrogen and oxygen atoms in total. The van der Waals surface area contributed by atoms with Crippen molar-refractivity contribution in [2.45, 2.75) is 612 Å². The van der Waals surface area contributed by atoms with Gasteiger partial charge in [-0.3, -0.25) is 0 Å². The zero-order chi connectivity index (χ0) is 92.1. The van der Waals surface area contributed by atoms with E-state index >= 15 is 0 Å². The lowest BCUT2D eigenvalue weighted by atomic mass is 10.0. The van der Waals surface area contributed by atoms with E-state index in [9.17, 15) is 24.0 Å². The molecule has 0 bridgehead atoms. The Kier molecular flexibility index (Phi) is 131. The van der Waals surface area contributed by atoms with Gasteiger partial charge in [-0.1, -0.05) is 613 Å². The zero-order valence-electron chi connectivity index (χ0n) is 85.2. The number of hydrogen-bond acceptors (Lipinski definition) is 10. The minimum Gasteiger partial charge on any atom is -0.463 e. The van der Waals surface area contributed by atoms with E-state index < -0.39 is 0 Å². The topological polar surface area (TPSA) is 132 Å². The molecule has 0 unspecified atom stereocenters. The number of hydrogen-bond donors (Lipinski definition) is 0. The second kappa shape index (κ2) is 126. The third kappa shape index (κ3) is 136. The van der Waals surface area contributed by atoms with Crippen molar-refractivity contribution in [1.82, 2.24) is 0 Å². The Morgan fingerprint density at radius 2 is 0.192 bits per heavy atom. The summed E-state index contributed by atoms with van der Waals surface area (Å²) in [4.78, 5) is 54.3. The fourth-order valence-electron chi connectivity index (χ4n) is 16.2. The molecule has 0 amide bonds. The minimum absolute atomic E-state index is 0.298. The molecule has 0 aromatic heterocycles. The van der Waals surface area contributed by atoms with Gasteiger partial charge in [0.25, 0.3) is 0 Å². The fraction of sp³-hybridized carbons (Fsp3) is 0.870. The van der Waals surface area contributed by atoms with Gasteiger partial charge in [-0.25, -0.2) is 24.0 Å². The highest BCUT2D eigenvalue weighted by Crippen LogP contribution is 2.22. The van der Waals surface area contributed by atoms with Crippen LogP contribution in [0.25, 0.3) is 0 Å². The van der Waals surface area contributed by atoms with E-state index in [-0.39, 0.29) is 29.8 Å². The van der Waals surface area contributed by atoms with Crippen LogP contribution in [-0.4, -0.2) is 62.9 Å². The number of esters is 5. The molecule has 0 aliphatic heterocycles. The van der Waals surface area contributed by atoms with E-state index in [1.165, 1.54) is 576 Å².